The van der Waals surface area contributed by atoms with Crippen molar-refractivity contribution in [2.75, 3.05) is 5.88 Å². The lowest BCUT2D eigenvalue weighted by Crippen LogP contribution is -2.26. The largest absolute Gasteiger partial charge is 0.459 e. The number of alkyl halides is 1. The average molecular weight is 306 g/mol. The van der Waals surface area contributed by atoms with Gasteiger partial charge in [0.05, 0.1) is 0 Å². The third kappa shape index (κ3) is 4.11. The summed E-state index contributed by atoms with van der Waals surface area (Å²) >= 11 is 5.70. The number of hydrogen-bond acceptors (Lipinski definition) is 2. The van der Waals surface area contributed by atoms with Crippen molar-refractivity contribution < 1.29 is 9.53 Å². The van der Waals surface area contributed by atoms with Crippen LogP contribution < -0.4 is 0 Å². The number of nitrogens with zero attached hydrogens (tertiary/aromatic N) is 1. The fraction of sp³-hybridized carbons (Fsp3) is 0.353. The van der Waals surface area contributed by atoms with Gasteiger partial charge >= 0.3 is 5.97 Å². The van der Waals surface area contributed by atoms with Crippen molar-refractivity contribution in [2.45, 2.75) is 32.9 Å². The molecule has 0 N–H and O–H groups in total. The van der Waals surface area contributed by atoms with Crippen LogP contribution in [0.25, 0.3) is 17.0 Å². The third-order valence-corrected chi connectivity index (χ3v) is 3.10. The first kappa shape index (κ1) is 15.6. The molecule has 2 rings (SSSR count). The van der Waals surface area contributed by atoms with E-state index in [9.17, 15) is 4.79 Å². The second-order valence-corrected chi connectivity index (χ2v) is 6.18. The van der Waals surface area contributed by atoms with Crippen LogP contribution in [0.5, 0.6) is 0 Å². The summed E-state index contributed by atoms with van der Waals surface area (Å²) in [5.41, 5.74) is 1.59. The molecule has 112 valence electrons. The number of aromatic nitrogens is 1. The minimum atomic E-state index is -0.471. The highest BCUT2D eigenvalue weighted by atomic mass is 35.5. The second kappa shape index (κ2) is 6.35. The SMILES string of the molecule is CC(C)(C)OC(=O)Cn1cc(C=CCCl)c2ccccc21. The quantitative estimate of drug-likeness (QED) is 0.625. The zero-order chi connectivity index (χ0) is 15.5. The van der Waals surface area contributed by atoms with E-state index in [-0.39, 0.29) is 12.5 Å². The molecule has 2 aromatic rings. The topological polar surface area (TPSA) is 31.2 Å². The maximum Gasteiger partial charge on any atom is 0.326 e. The molecule has 1 aromatic carbocycles. The van der Waals surface area contributed by atoms with Gasteiger partial charge < -0.3 is 9.30 Å². The highest BCUT2D eigenvalue weighted by Crippen LogP contribution is 2.23. The van der Waals surface area contributed by atoms with Crippen molar-refractivity contribution in [1.29, 1.82) is 0 Å². The van der Waals surface area contributed by atoms with Crippen molar-refractivity contribution >= 4 is 34.5 Å². The number of hydrogen-bond donors (Lipinski definition) is 0. The maximum absolute atomic E-state index is 12.0. The summed E-state index contributed by atoms with van der Waals surface area (Å²) in [5, 5.41) is 1.10. The summed E-state index contributed by atoms with van der Waals surface area (Å²) in [6, 6.07) is 7.98. The van der Waals surface area contributed by atoms with Gasteiger partial charge in [0, 0.05) is 23.0 Å². The van der Waals surface area contributed by atoms with Gasteiger partial charge in [-0.3, -0.25) is 4.79 Å². The minimum absolute atomic E-state index is 0.201. The number of carbonyl (C=O) groups excluding carboxylic acids is 1. The monoisotopic (exact) mass is 305 g/mol. The van der Waals surface area contributed by atoms with Gasteiger partial charge in [-0.2, -0.15) is 0 Å². The molecular formula is C17H20ClNO2. The summed E-state index contributed by atoms with van der Waals surface area (Å²) in [6.45, 7) is 5.81. The minimum Gasteiger partial charge on any atom is -0.459 e. The van der Waals surface area contributed by atoms with E-state index in [0.29, 0.717) is 5.88 Å². The van der Waals surface area contributed by atoms with Crippen LogP contribution in [-0.2, 0) is 16.1 Å². The zero-order valence-corrected chi connectivity index (χ0v) is 13.4. The van der Waals surface area contributed by atoms with Gasteiger partial charge in [0.1, 0.15) is 12.1 Å². The molecule has 0 amide bonds. The highest BCUT2D eigenvalue weighted by Gasteiger charge is 2.17. The number of ether oxygens (including phenoxy) is 1. The second-order valence-electron chi connectivity index (χ2n) is 5.87. The predicted octanol–water partition coefficient (Wildman–Crippen LogP) is 4.24. The molecule has 0 unspecified atom stereocenters. The summed E-state index contributed by atoms with van der Waals surface area (Å²) in [7, 11) is 0. The first-order chi connectivity index (χ1) is 9.90. The molecular weight excluding hydrogens is 286 g/mol. The first-order valence-electron chi connectivity index (χ1n) is 6.93. The normalized spacial score (nSPS) is 12.2. The molecule has 0 aliphatic carbocycles. The van der Waals surface area contributed by atoms with Crippen LogP contribution in [0.1, 0.15) is 26.3 Å². The van der Waals surface area contributed by atoms with Gasteiger partial charge in [0.2, 0.25) is 0 Å². The van der Waals surface area contributed by atoms with E-state index in [1.54, 1.807) is 0 Å². The number of para-hydroxylation sites is 1. The van der Waals surface area contributed by atoms with Gasteiger partial charge in [-0.15, -0.1) is 11.6 Å². The van der Waals surface area contributed by atoms with E-state index in [1.165, 1.54) is 0 Å². The first-order valence-corrected chi connectivity index (χ1v) is 7.46. The van der Waals surface area contributed by atoms with Crippen molar-refractivity contribution in [2.24, 2.45) is 0 Å². The third-order valence-electron chi connectivity index (χ3n) is 2.93. The molecule has 0 saturated carbocycles. The molecule has 4 heteroatoms. The highest BCUT2D eigenvalue weighted by molar-refractivity contribution is 6.19. The van der Waals surface area contributed by atoms with E-state index in [4.69, 9.17) is 16.3 Å². The number of fused-ring (bicyclic) bond motifs is 1. The van der Waals surface area contributed by atoms with Crippen molar-refractivity contribution in [3.05, 3.63) is 42.1 Å². The Morgan fingerprint density at radius 3 is 2.71 bits per heavy atom. The van der Waals surface area contributed by atoms with E-state index in [2.05, 4.69) is 0 Å². The Labute approximate surface area is 130 Å². The summed E-state index contributed by atoms with van der Waals surface area (Å²) < 4.78 is 7.30. The number of benzene rings is 1. The molecule has 0 spiro atoms. The van der Waals surface area contributed by atoms with Gasteiger partial charge in [0.15, 0.2) is 0 Å². The van der Waals surface area contributed by atoms with Gasteiger partial charge in [0.25, 0.3) is 0 Å². The number of carbonyl (C=O) groups is 1. The van der Waals surface area contributed by atoms with E-state index < -0.39 is 5.60 Å². The number of halogens is 1. The Morgan fingerprint density at radius 2 is 2.05 bits per heavy atom. The smallest absolute Gasteiger partial charge is 0.326 e. The average Bonchev–Trinajstić information content (AvgIpc) is 2.73. The number of esters is 1. The standard InChI is InChI=1S/C17H20ClNO2/c1-17(2,3)21-16(20)12-19-11-13(7-6-10-18)14-8-4-5-9-15(14)19/h4-9,11H,10,12H2,1-3H3. The zero-order valence-electron chi connectivity index (χ0n) is 12.6. The molecule has 3 nitrogen and oxygen atoms in total. The fourth-order valence-electron chi connectivity index (χ4n) is 2.22. The molecule has 0 atom stereocenters. The molecule has 1 aromatic heterocycles. The molecule has 0 fully saturated rings. The fourth-order valence-corrected chi connectivity index (χ4v) is 2.31. The molecule has 0 aliphatic heterocycles. The van der Waals surface area contributed by atoms with Gasteiger partial charge in [-0.25, -0.2) is 0 Å². The predicted molar refractivity (Wildman–Crippen MR) is 87.5 cm³/mol. The van der Waals surface area contributed by atoms with Crippen LogP contribution in [0, 0.1) is 0 Å². The van der Waals surface area contributed by atoms with Crippen LogP contribution in [-0.4, -0.2) is 22.0 Å². The lowest BCUT2D eigenvalue weighted by atomic mass is 10.2. The Hall–Kier alpha value is -1.74. The van der Waals surface area contributed by atoms with Crippen LogP contribution in [0.2, 0.25) is 0 Å². The van der Waals surface area contributed by atoms with Crippen LogP contribution in [0.4, 0.5) is 0 Å². The van der Waals surface area contributed by atoms with E-state index >= 15 is 0 Å². The molecule has 0 radical (unpaired) electrons. The Bertz CT molecular complexity index is 665. The summed E-state index contributed by atoms with van der Waals surface area (Å²) in [6.07, 6.45) is 5.82. The molecule has 21 heavy (non-hydrogen) atoms. The molecule has 0 aliphatic rings. The Balaban J connectivity index is 2.32. The van der Waals surface area contributed by atoms with Crippen molar-refractivity contribution in [1.82, 2.24) is 4.57 Å². The number of rotatable bonds is 4. The van der Waals surface area contributed by atoms with Gasteiger partial charge in [-0.1, -0.05) is 30.4 Å². The molecule has 0 bridgehead atoms. The number of allylic oxidation sites excluding steroid dienone is 1. The van der Waals surface area contributed by atoms with Gasteiger partial charge in [-0.05, 0) is 32.4 Å². The lowest BCUT2D eigenvalue weighted by molar-refractivity contribution is -0.155. The van der Waals surface area contributed by atoms with Crippen LogP contribution >= 0.6 is 11.6 Å². The van der Waals surface area contributed by atoms with Crippen molar-refractivity contribution in [3.8, 4) is 0 Å². The lowest BCUT2D eigenvalue weighted by Gasteiger charge is -2.19. The van der Waals surface area contributed by atoms with Crippen LogP contribution in [0.15, 0.2) is 36.5 Å². The summed E-state index contributed by atoms with van der Waals surface area (Å²) in [4.78, 5) is 12.0. The molecule has 1 heterocycles. The van der Waals surface area contributed by atoms with Crippen molar-refractivity contribution in [3.63, 3.8) is 0 Å². The van der Waals surface area contributed by atoms with Crippen LogP contribution in [0.3, 0.4) is 0 Å². The molecule has 0 saturated heterocycles. The van der Waals surface area contributed by atoms with E-state index in [0.717, 1.165) is 16.5 Å². The Morgan fingerprint density at radius 1 is 1.33 bits per heavy atom. The Kier molecular flexibility index (Phi) is 4.73. The van der Waals surface area contributed by atoms with E-state index in [1.807, 2.05) is 68.0 Å². The maximum atomic E-state index is 12.0. The summed E-state index contributed by atoms with van der Waals surface area (Å²) in [5.74, 6) is 0.224.